The molecule has 0 aliphatic heterocycles. The summed E-state index contributed by atoms with van der Waals surface area (Å²) in [6.45, 7) is 0.174. The minimum atomic E-state index is -0.360. The molecule has 0 aliphatic rings. The summed E-state index contributed by atoms with van der Waals surface area (Å²) < 4.78 is 1.74. The van der Waals surface area contributed by atoms with Gasteiger partial charge >= 0.3 is 0 Å². The van der Waals surface area contributed by atoms with Gasteiger partial charge in [-0.1, -0.05) is 6.07 Å². The van der Waals surface area contributed by atoms with Crippen LogP contribution in [0.15, 0.2) is 29.9 Å². The second-order valence-corrected chi connectivity index (χ2v) is 3.77. The van der Waals surface area contributed by atoms with Crippen LogP contribution in [0.4, 0.5) is 0 Å². The maximum absolute atomic E-state index is 10.8. The molecule has 2 aromatic rings. The van der Waals surface area contributed by atoms with Gasteiger partial charge in [0.15, 0.2) is 0 Å². The van der Waals surface area contributed by atoms with E-state index in [-0.39, 0.29) is 12.5 Å². The number of amides is 1. The molecule has 0 spiro atoms. The highest BCUT2D eigenvalue weighted by Crippen LogP contribution is 2.22. The summed E-state index contributed by atoms with van der Waals surface area (Å²) in [7, 11) is 0. The molecule has 0 radical (unpaired) electrons. The molecule has 14 heavy (non-hydrogen) atoms. The number of carbonyl (C=O) groups is 1. The molecule has 0 aromatic carbocycles. The van der Waals surface area contributed by atoms with Crippen molar-refractivity contribution in [3.63, 3.8) is 0 Å². The Hall–Kier alpha value is -1.62. The van der Waals surface area contributed by atoms with Crippen molar-refractivity contribution in [2.75, 3.05) is 0 Å². The Morgan fingerprint density at radius 2 is 2.50 bits per heavy atom. The lowest BCUT2D eigenvalue weighted by Crippen LogP contribution is -2.18. The number of hydrogen-bond acceptors (Lipinski definition) is 3. The molecule has 0 aliphatic carbocycles. The molecule has 0 atom stereocenters. The fraction of sp³-hybridized carbons (Fsp3) is 0.111. The molecule has 2 heterocycles. The van der Waals surface area contributed by atoms with Gasteiger partial charge in [-0.15, -0.1) is 11.3 Å². The van der Waals surface area contributed by atoms with Gasteiger partial charge in [0, 0.05) is 12.4 Å². The van der Waals surface area contributed by atoms with Crippen LogP contribution >= 0.6 is 11.3 Å². The standard InChI is InChI=1S/C9H9N3OS/c10-8(13)6-12-4-3-11-9(12)7-2-1-5-14-7/h1-5H,6H2,(H2,10,13). The predicted molar refractivity (Wildman–Crippen MR) is 54.7 cm³/mol. The molecule has 0 saturated heterocycles. The third kappa shape index (κ3) is 1.67. The minimum absolute atomic E-state index is 0.174. The zero-order valence-corrected chi connectivity index (χ0v) is 8.20. The molecule has 2 N–H and O–H groups in total. The van der Waals surface area contributed by atoms with E-state index < -0.39 is 0 Å². The Morgan fingerprint density at radius 3 is 3.14 bits per heavy atom. The summed E-state index contributed by atoms with van der Waals surface area (Å²) in [6.07, 6.45) is 3.41. The first-order valence-electron chi connectivity index (χ1n) is 4.10. The van der Waals surface area contributed by atoms with E-state index in [0.717, 1.165) is 10.7 Å². The van der Waals surface area contributed by atoms with Crippen molar-refractivity contribution in [2.45, 2.75) is 6.54 Å². The second-order valence-electron chi connectivity index (χ2n) is 2.82. The molecular weight excluding hydrogens is 198 g/mol. The first-order valence-corrected chi connectivity index (χ1v) is 4.98. The van der Waals surface area contributed by atoms with Crippen molar-refractivity contribution in [1.29, 1.82) is 0 Å². The number of rotatable bonds is 3. The van der Waals surface area contributed by atoms with Gasteiger partial charge in [0.1, 0.15) is 12.4 Å². The van der Waals surface area contributed by atoms with Crippen LogP contribution in [-0.2, 0) is 11.3 Å². The molecule has 72 valence electrons. The Labute approximate surface area is 85.0 Å². The van der Waals surface area contributed by atoms with E-state index in [2.05, 4.69) is 4.98 Å². The van der Waals surface area contributed by atoms with E-state index in [9.17, 15) is 4.79 Å². The lowest BCUT2D eigenvalue weighted by Gasteiger charge is -2.02. The van der Waals surface area contributed by atoms with E-state index in [1.54, 1.807) is 28.3 Å². The fourth-order valence-electron chi connectivity index (χ4n) is 1.24. The van der Waals surface area contributed by atoms with Gasteiger partial charge in [0.05, 0.1) is 4.88 Å². The molecule has 5 heteroatoms. The Kier molecular flexibility index (Phi) is 2.32. The van der Waals surface area contributed by atoms with Crippen LogP contribution in [0.5, 0.6) is 0 Å². The summed E-state index contributed by atoms with van der Waals surface area (Å²) in [6, 6.07) is 3.91. The van der Waals surface area contributed by atoms with Crippen LogP contribution < -0.4 is 5.73 Å². The third-order valence-corrected chi connectivity index (χ3v) is 2.65. The van der Waals surface area contributed by atoms with Crippen molar-refractivity contribution in [1.82, 2.24) is 9.55 Å². The number of primary amides is 1. The Morgan fingerprint density at radius 1 is 1.64 bits per heavy atom. The van der Waals surface area contributed by atoms with Crippen molar-refractivity contribution < 1.29 is 4.79 Å². The fourth-order valence-corrected chi connectivity index (χ4v) is 1.97. The zero-order chi connectivity index (χ0) is 9.97. The first kappa shape index (κ1) is 8.96. The molecule has 0 bridgehead atoms. The summed E-state index contributed by atoms with van der Waals surface area (Å²) in [5.74, 6) is 0.430. The van der Waals surface area contributed by atoms with Crippen LogP contribution in [0.25, 0.3) is 10.7 Å². The summed E-state index contributed by atoms with van der Waals surface area (Å²) in [4.78, 5) is 16.0. The number of nitrogens with two attached hydrogens (primary N) is 1. The Balaban J connectivity index is 2.35. The maximum atomic E-state index is 10.8. The van der Waals surface area contributed by atoms with E-state index in [4.69, 9.17) is 5.73 Å². The molecule has 4 nitrogen and oxygen atoms in total. The quantitative estimate of drug-likeness (QED) is 0.819. The van der Waals surface area contributed by atoms with E-state index in [1.807, 2.05) is 17.5 Å². The minimum Gasteiger partial charge on any atom is -0.368 e. The zero-order valence-electron chi connectivity index (χ0n) is 7.38. The molecule has 1 amide bonds. The second kappa shape index (κ2) is 3.63. The van der Waals surface area contributed by atoms with E-state index in [0.29, 0.717) is 0 Å². The highest BCUT2D eigenvalue weighted by atomic mass is 32.1. The summed E-state index contributed by atoms with van der Waals surface area (Å²) >= 11 is 1.59. The van der Waals surface area contributed by atoms with E-state index in [1.165, 1.54) is 0 Å². The van der Waals surface area contributed by atoms with Gasteiger partial charge in [-0.25, -0.2) is 4.98 Å². The molecule has 2 rings (SSSR count). The monoisotopic (exact) mass is 207 g/mol. The van der Waals surface area contributed by atoms with Crippen LogP contribution in [0.1, 0.15) is 0 Å². The van der Waals surface area contributed by atoms with Crippen LogP contribution in [-0.4, -0.2) is 15.5 Å². The highest BCUT2D eigenvalue weighted by molar-refractivity contribution is 7.13. The molecule has 2 aromatic heterocycles. The lowest BCUT2D eigenvalue weighted by atomic mass is 10.4. The van der Waals surface area contributed by atoms with Crippen molar-refractivity contribution in [2.24, 2.45) is 5.73 Å². The van der Waals surface area contributed by atoms with Gasteiger partial charge < -0.3 is 10.3 Å². The number of carbonyl (C=O) groups excluding carboxylic acids is 1. The van der Waals surface area contributed by atoms with Crippen molar-refractivity contribution in [3.8, 4) is 10.7 Å². The highest BCUT2D eigenvalue weighted by Gasteiger charge is 2.07. The summed E-state index contributed by atoms with van der Waals surface area (Å²) in [5.41, 5.74) is 5.12. The number of aromatic nitrogens is 2. The van der Waals surface area contributed by atoms with Crippen LogP contribution in [0.3, 0.4) is 0 Å². The topological polar surface area (TPSA) is 60.9 Å². The van der Waals surface area contributed by atoms with Gasteiger partial charge in [0.25, 0.3) is 0 Å². The first-order chi connectivity index (χ1) is 6.77. The van der Waals surface area contributed by atoms with Gasteiger partial charge in [-0.05, 0) is 11.4 Å². The number of hydrogen-bond donors (Lipinski definition) is 1. The lowest BCUT2D eigenvalue weighted by molar-refractivity contribution is -0.118. The number of nitrogens with zero attached hydrogens (tertiary/aromatic N) is 2. The predicted octanol–water partition coefficient (Wildman–Crippen LogP) is 1.10. The maximum Gasteiger partial charge on any atom is 0.237 e. The number of thiophene rings is 1. The van der Waals surface area contributed by atoms with Gasteiger partial charge in [0.2, 0.25) is 5.91 Å². The molecular formula is C9H9N3OS. The molecule has 0 unspecified atom stereocenters. The van der Waals surface area contributed by atoms with Gasteiger partial charge in [-0.2, -0.15) is 0 Å². The third-order valence-electron chi connectivity index (χ3n) is 1.78. The summed E-state index contributed by atoms with van der Waals surface area (Å²) in [5, 5.41) is 1.97. The average Bonchev–Trinajstić information content (AvgIpc) is 2.70. The van der Waals surface area contributed by atoms with Crippen molar-refractivity contribution >= 4 is 17.2 Å². The Bertz CT molecular complexity index is 433. The smallest absolute Gasteiger partial charge is 0.237 e. The average molecular weight is 207 g/mol. The van der Waals surface area contributed by atoms with Crippen LogP contribution in [0.2, 0.25) is 0 Å². The van der Waals surface area contributed by atoms with E-state index >= 15 is 0 Å². The van der Waals surface area contributed by atoms with Gasteiger partial charge in [-0.3, -0.25) is 4.79 Å². The molecule has 0 saturated carbocycles. The van der Waals surface area contributed by atoms with Crippen LogP contribution in [0, 0.1) is 0 Å². The van der Waals surface area contributed by atoms with Crippen molar-refractivity contribution in [3.05, 3.63) is 29.9 Å². The number of imidazole rings is 1. The largest absolute Gasteiger partial charge is 0.368 e. The molecule has 0 fully saturated rings. The normalized spacial score (nSPS) is 10.3. The SMILES string of the molecule is NC(=O)Cn1ccnc1-c1cccs1.